The number of hydrogen-bond donors (Lipinski definition) is 0. The van der Waals surface area contributed by atoms with Gasteiger partial charge in [0.2, 0.25) is 5.91 Å². The minimum atomic E-state index is 0.0969. The Labute approximate surface area is 135 Å². The van der Waals surface area contributed by atoms with Gasteiger partial charge in [0.1, 0.15) is 0 Å². The summed E-state index contributed by atoms with van der Waals surface area (Å²) < 4.78 is 8.98. The second-order valence-electron chi connectivity index (χ2n) is 5.98. The number of aryl methyl sites for hydroxylation is 2. The molecule has 7 heteroatoms. The van der Waals surface area contributed by atoms with Gasteiger partial charge < -0.3 is 9.64 Å². The maximum absolute atomic E-state index is 12.6. The second kappa shape index (κ2) is 6.54. The molecular formula is C16H23N5O2. The summed E-state index contributed by atoms with van der Waals surface area (Å²) in [5.74, 6) is 0.226. The van der Waals surface area contributed by atoms with Gasteiger partial charge >= 0.3 is 0 Å². The molecule has 0 N–H and O–H groups in total. The van der Waals surface area contributed by atoms with Crippen molar-refractivity contribution in [3.8, 4) is 0 Å². The van der Waals surface area contributed by atoms with E-state index in [0.29, 0.717) is 26.1 Å². The lowest BCUT2D eigenvalue weighted by Crippen LogP contribution is -2.40. The normalized spacial score (nSPS) is 17.3. The third kappa shape index (κ3) is 3.29. The van der Waals surface area contributed by atoms with E-state index in [4.69, 9.17) is 4.74 Å². The van der Waals surface area contributed by atoms with Gasteiger partial charge in [0.25, 0.3) is 0 Å². The Morgan fingerprint density at radius 2 is 2.26 bits per heavy atom. The lowest BCUT2D eigenvalue weighted by molar-refractivity contribution is -0.132. The van der Waals surface area contributed by atoms with E-state index < -0.39 is 0 Å². The molecule has 0 aromatic carbocycles. The van der Waals surface area contributed by atoms with Crippen molar-refractivity contribution in [2.45, 2.75) is 32.4 Å². The molecule has 1 amide bonds. The van der Waals surface area contributed by atoms with E-state index in [2.05, 4.69) is 17.1 Å². The highest BCUT2D eigenvalue weighted by atomic mass is 16.5. The van der Waals surface area contributed by atoms with Crippen molar-refractivity contribution in [1.29, 1.82) is 0 Å². The van der Waals surface area contributed by atoms with Crippen LogP contribution in [-0.4, -0.2) is 50.6 Å². The number of rotatable bonds is 5. The fourth-order valence-corrected chi connectivity index (χ4v) is 3.07. The number of carbonyl (C=O) groups excluding carboxylic acids is 1. The first-order valence-corrected chi connectivity index (χ1v) is 7.92. The first-order chi connectivity index (χ1) is 11.1. The number of nitrogens with zero attached hydrogens (tertiary/aromatic N) is 5. The summed E-state index contributed by atoms with van der Waals surface area (Å²) in [7, 11) is 3.54. The van der Waals surface area contributed by atoms with Gasteiger partial charge in [0, 0.05) is 57.7 Å². The fourth-order valence-electron chi connectivity index (χ4n) is 3.07. The topological polar surface area (TPSA) is 65.2 Å². The van der Waals surface area contributed by atoms with E-state index in [1.54, 1.807) is 11.8 Å². The Morgan fingerprint density at radius 1 is 1.43 bits per heavy atom. The van der Waals surface area contributed by atoms with Gasteiger partial charge in [0.05, 0.1) is 24.4 Å². The van der Waals surface area contributed by atoms with Gasteiger partial charge in [-0.3, -0.25) is 14.2 Å². The molecule has 1 aliphatic heterocycles. The highest BCUT2D eigenvalue weighted by Gasteiger charge is 2.31. The monoisotopic (exact) mass is 317 g/mol. The van der Waals surface area contributed by atoms with Crippen LogP contribution in [0.4, 0.5) is 0 Å². The van der Waals surface area contributed by atoms with Crippen LogP contribution in [0, 0.1) is 0 Å². The van der Waals surface area contributed by atoms with Gasteiger partial charge in [-0.15, -0.1) is 0 Å². The molecule has 1 atom stereocenters. The summed E-state index contributed by atoms with van der Waals surface area (Å²) in [5, 5.41) is 8.92. The molecule has 3 heterocycles. The first-order valence-electron chi connectivity index (χ1n) is 7.92. The lowest BCUT2D eigenvalue weighted by Gasteiger charge is -2.31. The van der Waals surface area contributed by atoms with Gasteiger partial charge in [-0.25, -0.2) is 0 Å². The van der Waals surface area contributed by atoms with Crippen molar-refractivity contribution in [3.05, 3.63) is 35.4 Å². The molecule has 1 unspecified atom stereocenters. The van der Waals surface area contributed by atoms with Gasteiger partial charge in [0.15, 0.2) is 0 Å². The predicted octanol–water partition coefficient (Wildman–Crippen LogP) is 0.951. The molecule has 0 saturated heterocycles. The second-order valence-corrected chi connectivity index (χ2v) is 5.98. The maximum atomic E-state index is 12.6. The summed E-state index contributed by atoms with van der Waals surface area (Å²) in [6.07, 6.45) is 4.23. The summed E-state index contributed by atoms with van der Waals surface area (Å²) >= 11 is 0. The highest BCUT2D eigenvalue weighted by Crippen LogP contribution is 2.27. The number of amides is 1. The Kier molecular flexibility index (Phi) is 4.47. The third-order valence-corrected chi connectivity index (χ3v) is 4.20. The molecule has 0 fully saturated rings. The molecule has 124 valence electrons. The molecular weight excluding hydrogens is 294 g/mol. The molecule has 0 spiro atoms. The Balaban J connectivity index is 1.77. The minimum absolute atomic E-state index is 0.0969. The quantitative estimate of drug-likeness (QED) is 0.823. The number of aromatic nitrogens is 4. The van der Waals surface area contributed by atoms with Gasteiger partial charge in [-0.1, -0.05) is 0 Å². The first kappa shape index (κ1) is 15.7. The zero-order valence-electron chi connectivity index (χ0n) is 13.9. The van der Waals surface area contributed by atoms with Crippen molar-refractivity contribution in [1.82, 2.24) is 24.5 Å². The van der Waals surface area contributed by atoms with Crippen LogP contribution in [0.25, 0.3) is 0 Å². The zero-order chi connectivity index (χ0) is 16.4. The van der Waals surface area contributed by atoms with E-state index >= 15 is 0 Å². The molecule has 2 aromatic rings. The number of ether oxygens (including phenoxy) is 1. The summed E-state index contributed by atoms with van der Waals surface area (Å²) in [5.41, 5.74) is 2.99. The van der Waals surface area contributed by atoms with Crippen LogP contribution < -0.4 is 0 Å². The standard InChI is InChI=1S/C16H23N5O2/c1-4-21-10-12-8-20(9-13(11-23-3)16(12)18-21)15(22)7-14-5-6-19(2)17-14/h5-6,10,13H,4,7-9,11H2,1-3H3. The van der Waals surface area contributed by atoms with Crippen molar-refractivity contribution in [2.75, 3.05) is 20.3 Å². The molecule has 1 aliphatic rings. The minimum Gasteiger partial charge on any atom is -0.384 e. The lowest BCUT2D eigenvalue weighted by atomic mass is 9.97. The van der Waals surface area contributed by atoms with Gasteiger partial charge in [-0.05, 0) is 13.0 Å². The number of carbonyl (C=O) groups is 1. The Bertz CT molecular complexity index is 690. The van der Waals surface area contributed by atoms with E-state index in [0.717, 1.165) is 23.5 Å². The Hall–Kier alpha value is -2.15. The van der Waals surface area contributed by atoms with Crippen molar-refractivity contribution >= 4 is 5.91 Å². The summed E-state index contributed by atoms with van der Waals surface area (Å²) in [6.45, 7) is 4.72. The molecule has 0 radical (unpaired) electrons. The largest absolute Gasteiger partial charge is 0.384 e. The van der Waals surface area contributed by atoms with E-state index in [9.17, 15) is 4.79 Å². The Morgan fingerprint density at radius 3 is 2.91 bits per heavy atom. The van der Waals surface area contributed by atoms with Crippen LogP contribution in [0.15, 0.2) is 18.5 Å². The average molecular weight is 317 g/mol. The molecule has 0 bridgehead atoms. The number of fused-ring (bicyclic) bond motifs is 1. The molecule has 7 nitrogen and oxygen atoms in total. The molecule has 3 rings (SSSR count). The maximum Gasteiger partial charge on any atom is 0.228 e. The summed E-state index contributed by atoms with van der Waals surface area (Å²) in [4.78, 5) is 14.5. The van der Waals surface area contributed by atoms with Crippen LogP contribution in [0.3, 0.4) is 0 Å². The molecule has 2 aromatic heterocycles. The SMILES string of the molecule is CCn1cc2c(n1)C(COC)CN(C(=O)Cc1ccn(C)n1)C2. The van der Waals surface area contributed by atoms with E-state index in [1.165, 1.54) is 0 Å². The van der Waals surface area contributed by atoms with Crippen molar-refractivity contribution < 1.29 is 9.53 Å². The molecule has 23 heavy (non-hydrogen) atoms. The molecule has 0 saturated carbocycles. The van der Waals surface area contributed by atoms with Crippen LogP contribution in [0.1, 0.15) is 29.8 Å². The van der Waals surface area contributed by atoms with Crippen molar-refractivity contribution in [3.63, 3.8) is 0 Å². The van der Waals surface area contributed by atoms with Crippen LogP contribution in [0.5, 0.6) is 0 Å². The number of hydrogen-bond acceptors (Lipinski definition) is 4. The zero-order valence-corrected chi connectivity index (χ0v) is 13.9. The number of methoxy groups -OCH3 is 1. The van der Waals surface area contributed by atoms with Crippen LogP contribution in [0.2, 0.25) is 0 Å². The van der Waals surface area contributed by atoms with E-state index in [1.807, 2.05) is 35.1 Å². The van der Waals surface area contributed by atoms with E-state index in [-0.39, 0.29) is 11.8 Å². The fraction of sp³-hybridized carbons (Fsp3) is 0.562. The van der Waals surface area contributed by atoms with Crippen molar-refractivity contribution in [2.24, 2.45) is 7.05 Å². The predicted molar refractivity (Wildman–Crippen MR) is 84.8 cm³/mol. The highest BCUT2D eigenvalue weighted by molar-refractivity contribution is 5.78. The molecule has 0 aliphatic carbocycles. The average Bonchev–Trinajstić information content (AvgIpc) is 3.13. The van der Waals surface area contributed by atoms with Crippen LogP contribution in [-0.2, 0) is 36.1 Å². The third-order valence-electron chi connectivity index (χ3n) is 4.20. The summed E-state index contributed by atoms with van der Waals surface area (Å²) in [6, 6.07) is 1.88. The smallest absolute Gasteiger partial charge is 0.228 e. The van der Waals surface area contributed by atoms with Gasteiger partial charge in [-0.2, -0.15) is 10.2 Å². The van der Waals surface area contributed by atoms with Crippen LogP contribution >= 0.6 is 0 Å².